The first-order valence-corrected chi connectivity index (χ1v) is 6.14. The third-order valence-electron chi connectivity index (χ3n) is 2.75. The Hall–Kier alpha value is -1.36. The Morgan fingerprint density at radius 3 is 2.82 bits per heavy atom. The number of hydrogen-bond donors (Lipinski definition) is 2. The number of nitrogens with zero attached hydrogens (tertiary/aromatic N) is 2. The van der Waals surface area contributed by atoms with Crippen molar-refractivity contribution in [3.05, 3.63) is 12.4 Å². The van der Waals surface area contributed by atoms with Gasteiger partial charge in [0.25, 0.3) is 0 Å². The highest BCUT2D eigenvalue weighted by atomic mass is 16.5. The Morgan fingerprint density at radius 1 is 1.47 bits per heavy atom. The van der Waals surface area contributed by atoms with E-state index < -0.39 is 0 Å². The van der Waals surface area contributed by atoms with E-state index in [4.69, 9.17) is 10.5 Å². The molecule has 1 aliphatic carbocycles. The van der Waals surface area contributed by atoms with E-state index in [1.807, 2.05) is 13.8 Å². The lowest BCUT2D eigenvalue weighted by Crippen LogP contribution is -2.31. The van der Waals surface area contributed by atoms with E-state index in [-0.39, 0.29) is 6.10 Å². The topological polar surface area (TPSA) is 73.1 Å². The highest BCUT2D eigenvalue weighted by molar-refractivity contribution is 5.35. The molecule has 1 fully saturated rings. The minimum atomic E-state index is 0.105. The Balaban J connectivity index is 1.99. The van der Waals surface area contributed by atoms with Gasteiger partial charge in [-0.05, 0) is 32.6 Å². The summed E-state index contributed by atoms with van der Waals surface area (Å²) in [7, 11) is 0. The number of aromatic nitrogens is 2. The molecule has 1 aliphatic rings. The van der Waals surface area contributed by atoms with Gasteiger partial charge >= 0.3 is 0 Å². The summed E-state index contributed by atoms with van der Waals surface area (Å²) in [5.41, 5.74) is 5.74. The van der Waals surface area contributed by atoms with Gasteiger partial charge in [0.05, 0.1) is 18.5 Å². The first-order valence-electron chi connectivity index (χ1n) is 6.14. The van der Waals surface area contributed by atoms with Crippen LogP contribution in [0.4, 0.5) is 5.82 Å². The summed E-state index contributed by atoms with van der Waals surface area (Å²) in [5.74, 6) is 1.98. The molecule has 3 N–H and O–H groups in total. The second-order valence-electron chi connectivity index (χ2n) is 4.73. The summed E-state index contributed by atoms with van der Waals surface area (Å²) >= 11 is 0. The van der Waals surface area contributed by atoms with Crippen LogP contribution < -0.4 is 15.8 Å². The quantitative estimate of drug-likeness (QED) is 0.781. The van der Waals surface area contributed by atoms with Gasteiger partial charge < -0.3 is 15.8 Å². The van der Waals surface area contributed by atoms with Crippen LogP contribution in [0.5, 0.6) is 5.88 Å². The number of nitrogens with one attached hydrogen (secondary N) is 1. The van der Waals surface area contributed by atoms with Crippen LogP contribution in [-0.2, 0) is 0 Å². The van der Waals surface area contributed by atoms with Crippen molar-refractivity contribution in [1.29, 1.82) is 0 Å². The van der Waals surface area contributed by atoms with Crippen LogP contribution in [0.25, 0.3) is 0 Å². The van der Waals surface area contributed by atoms with Crippen molar-refractivity contribution >= 4 is 5.82 Å². The summed E-state index contributed by atoms with van der Waals surface area (Å²) in [6, 6.07) is 0.304. The number of nitrogens with two attached hydrogens (primary N) is 1. The second-order valence-corrected chi connectivity index (χ2v) is 4.73. The van der Waals surface area contributed by atoms with E-state index >= 15 is 0 Å². The number of rotatable bonds is 6. The van der Waals surface area contributed by atoms with Crippen LogP contribution in [0.1, 0.15) is 26.7 Å². The predicted octanol–water partition coefficient (Wildman–Crippen LogP) is 1.41. The largest absolute Gasteiger partial charge is 0.474 e. The van der Waals surface area contributed by atoms with Crippen molar-refractivity contribution in [3.8, 4) is 5.88 Å². The van der Waals surface area contributed by atoms with Crippen LogP contribution >= 0.6 is 0 Å². The van der Waals surface area contributed by atoms with Gasteiger partial charge in [-0.25, -0.2) is 0 Å². The summed E-state index contributed by atoms with van der Waals surface area (Å²) < 4.78 is 5.50. The fraction of sp³-hybridized carbons (Fsp3) is 0.667. The molecule has 1 unspecified atom stereocenters. The van der Waals surface area contributed by atoms with E-state index in [1.54, 1.807) is 12.4 Å². The number of ether oxygens (including phenoxy) is 1. The minimum Gasteiger partial charge on any atom is -0.474 e. The van der Waals surface area contributed by atoms with Crippen LogP contribution in [0, 0.1) is 5.92 Å². The van der Waals surface area contributed by atoms with Crippen molar-refractivity contribution in [2.45, 2.75) is 38.8 Å². The molecule has 0 bridgehead atoms. The molecule has 0 aliphatic heterocycles. The van der Waals surface area contributed by atoms with E-state index in [1.165, 1.54) is 12.8 Å². The molecule has 1 atom stereocenters. The smallest absolute Gasteiger partial charge is 0.234 e. The third-order valence-corrected chi connectivity index (χ3v) is 2.75. The van der Waals surface area contributed by atoms with Gasteiger partial charge in [-0.3, -0.25) is 4.98 Å². The molecule has 5 heteroatoms. The molecule has 0 radical (unpaired) electrons. The third kappa shape index (κ3) is 3.56. The minimum absolute atomic E-state index is 0.105. The van der Waals surface area contributed by atoms with Crippen LogP contribution in [0.15, 0.2) is 12.4 Å². The van der Waals surface area contributed by atoms with E-state index in [0.29, 0.717) is 24.4 Å². The van der Waals surface area contributed by atoms with E-state index in [0.717, 1.165) is 5.82 Å². The molecule has 5 nitrogen and oxygen atoms in total. The Morgan fingerprint density at radius 2 is 2.24 bits per heavy atom. The molecule has 0 aromatic carbocycles. The van der Waals surface area contributed by atoms with E-state index in [2.05, 4.69) is 15.3 Å². The molecule has 1 saturated carbocycles. The van der Waals surface area contributed by atoms with Crippen molar-refractivity contribution < 1.29 is 4.74 Å². The average molecular weight is 236 g/mol. The standard InChI is InChI=1S/C12H20N4O/c1-8(2)17-12-7-14-6-11(16-12)15-10(5-13)9-3-4-9/h6-10H,3-5,13H2,1-2H3,(H,15,16). The first-order chi connectivity index (χ1) is 8.19. The fourth-order valence-electron chi connectivity index (χ4n) is 1.77. The lowest BCUT2D eigenvalue weighted by molar-refractivity contribution is 0.232. The maximum absolute atomic E-state index is 5.74. The number of hydrogen-bond acceptors (Lipinski definition) is 5. The zero-order valence-corrected chi connectivity index (χ0v) is 10.4. The normalized spacial score (nSPS) is 16.9. The molecular formula is C12H20N4O. The molecular weight excluding hydrogens is 216 g/mol. The summed E-state index contributed by atoms with van der Waals surface area (Å²) in [6.07, 6.45) is 5.95. The zero-order valence-electron chi connectivity index (χ0n) is 10.4. The Kier molecular flexibility index (Phi) is 3.78. The molecule has 0 saturated heterocycles. The predicted molar refractivity (Wildman–Crippen MR) is 67.0 cm³/mol. The van der Waals surface area contributed by atoms with Crippen molar-refractivity contribution in [2.24, 2.45) is 11.7 Å². The fourth-order valence-corrected chi connectivity index (χ4v) is 1.77. The average Bonchev–Trinajstić information content (AvgIpc) is 3.09. The van der Waals surface area contributed by atoms with E-state index in [9.17, 15) is 0 Å². The molecule has 1 aromatic rings. The molecule has 0 spiro atoms. The summed E-state index contributed by atoms with van der Waals surface area (Å²) in [6.45, 7) is 4.56. The molecule has 0 amide bonds. The van der Waals surface area contributed by atoms with Crippen molar-refractivity contribution in [2.75, 3.05) is 11.9 Å². The lowest BCUT2D eigenvalue weighted by atomic mass is 10.2. The van der Waals surface area contributed by atoms with Crippen LogP contribution in [0.3, 0.4) is 0 Å². The SMILES string of the molecule is CC(C)Oc1cncc(NC(CN)C2CC2)n1. The second kappa shape index (κ2) is 5.31. The summed E-state index contributed by atoms with van der Waals surface area (Å²) in [5, 5.41) is 3.33. The van der Waals surface area contributed by atoms with Crippen LogP contribution in [-0.4, -0.2) is 28.7 Å². The molecule has 1 aromatic heterocycles. The molecule has 17 heavy (non-hydrogen) atoms. The van der Waals surface area contributed by atoms with Gasteiger partial charge in [-0.15, -0.1) is 0 Å². The first kappa shape index (κ1) is 12.1. The van der Waals surface area contributed by atoms with Gasteiger partial charge in [0, 0.05) is 12.6 Å². The maximum Gasteiger partial charge on any atom is 0.234 e. The van der Waals surface area contributed by atoms with Gasteiger partial charge in [-0.1, -0.05) is 0 Å². The number of anilines is 1. The maximum atomic E-state index is 5.74. The molecule has 94 valence electrons. The molecule has 1 heterocycles. The molecule has 2 rings (SSSR count). The highest BCUT2D eigenvalue weighted by Crippen LogP contribution is 2.33. The lowest BCUT2D eigenvalue weighted by Gasteiger charge is -2.17. The van der Waals surface area contributed by atoms with Gasteiger partial charge in [0.15, 0.2) is 0 Å². The zero-order chi connectivity index (χ0) is 12.3. The Labute approximate surface area is 102 Å². The highest BCUT2D eigenvalue weighted by Gasteiger charge is 2.30. The van der Waals surface area contributed by atoms with Crippen molar-refractivity contribution in [3.63, 3.8) is 0 Å². The van der Waals surface area contributed by atoms with Crippen molar-refractivity contribution in [1.82, 2.24) is 9.97 Å². The van der Waals surface area contributed by atoms with Gasteiger partial charge in [0.2, 0.25) is 5.88 Å². The Bertz CT molecular complexity index is 365. The monoisotopic (exact) mass is 236 g/mol. The van der Waals surface area contributed by atoms with Gasteiger partial charge in [-0.2, -0.15) is 4.98 Å². The van der Waals surface area contributed by atoms with Gasteiger partial charge in [0.1, 0.15) is 5.82 Å². The van der Waals surface area contributed by atoms with Crippen LogP contribution in [0.2, 0.25) is 0 Å². The summed E-state index contributed by atoms with van der Waals surface area (Å²) in [4.78, 5) is 8.47.